The number of halogens is 4. The van der Waals surface area contributed by atoms with Gasteiger partial charge in [0, 0.05) is 12.2 Å². The zero-order valence-electron chi connectivity index (χ0n) is 23.5. The third kappa shape index (κ3) is 7.84. The lowest BCUT2D eigenvalue weighted by atomic mass is 9.97. The van der Waals surface area contributed by atoms with Crippen molar-refractivity contribution in [3.8, 4) is 6.07 Å². The van der Waals surface area contributed by atoms with E-state index in [-0.39, 0.29) is 18.6 Å². The van der Waals surface area contributed by atoms with Gasteiger partial charge in [0.2, 0.25) is 0 Å². The van der Waals surface area contributed by atoms with Gasteiger partial charge in [-0.25, -0.2) is 4.39 Å². The fourth-order valence-corrected chi connectivity index (χ4v) is 9.95. The van der Waals surface area contributed by atoms with E-state index in [9.17, 15) is 31.2 Å². The number of rotatable bonds is 13. The van der Waals surface area contributed by atoms with Crippen LogP contribution in [0.4, 0.5) is 17.6 Å². The molecule has 3 aromatic rings. The average Bonchev–Trinajstić information content (AvgIpc) is 2.93. The van der Waals surface area contributed by atoms with Crippen molar-refractivity contribution in [3.63, 3.8) is 0 Å². The molecule has 226 valence electrons. The summed E-state index contributed by atoms with van der Waals surface area (Å²) in [4.78, 5) is 0. The molecule has 0 fully saturated rings. The van der Waals surface area contributed by atoms with E-state index in [2.05, 4.69) is 4.18 Å². The molecule has 6 nitrogen and oxygen atoms in total. The van der Waals surface area contributed by atoms with Gasteiger partial charge in [0.05, 0.1) is 25.2 Å². The van der Waals surface area contributed by atoms with Crippen LogP contribution < -0.4 is 10.4 Å². The number of nitriles is 1. The molecule has 12 heteroatoms. The lowest BCUT2D eigenvalue weighted by Gasteiger charge is -2.43. The van der Waals surface area contributed by atoms with Gasteiger partial charge in [-0.2, -0.15) is 26.9 Å². The van der Waals surface area contributed by atoms with Crippen molar-refractivity contribution in [2.45, 2.75) is 49.8 Å². The summed E-state index contributed by atoms with van der Waals surface area (Å²) < 4.78 is 94.7. The topological polar surface area (TPSA) is 85.6 Å². The molecule has 0 aliphatic heterocycles. The van der Waals surface area contributed by atoms with Crippen molar-refractivity contribution in [1.82, 2.24) is 0 Å². The maximum atomic E-state index is 14.2. The Morgan fingerprint density at radius 1 is 0.857 bits per heavy atom. The number of benzene rings is 3. The molecule has 0 aliphatic rings. The molecule has 0 saturated heterocycles. The molecule has 0 bridgehead atoms. The molecular weight excluding hydrogens is 590 g/mol. The quantitative estimate of drug-likeness (QED) is 0.0805. The Morgan fingerprint density at radius 2 is 1.38 bits per heavy atom. The number of hydrogen-bond acceptors (Lipinski definition) is 6. The zero-order valence-corrected chi connectivity index (χ0v) is 25.3. The van der Waals surface area contributed by atoms with Crippen LogP contribution in [0, 0.1) is 17.1 Å². The van der Waals surface area contributed by atoms with Gasteiger partial charge in [0.1, 0.15) is 11.9 Å². The van der Waals surface area contributed by atoms with Crippen molar-refractivity contribution in [3.05, 3.63) is 96.3 Å². The van der Waals surface area contributed by atoms with Crippen LogP contribution in [0.25, 0.3) is 0 Å². The standard InChI is InChI=1S/C30H33F4NO5SSi/c1-29(2,3)42(25-12-6-4-7-13-25,26-14-8-5-9-15-26)39-22-24(40-41(36,37)30(32,33)34)21-38-19-18-23(20-35)27-16-10-11-17-28(27)31/h4-17,23-24H,18-19,21-22H2,1-3H3. The predicted molar refractivity (Wildman–Crippen MR) is 154 cm³/mol. The van der Waals surface area contributed by atoms with Crippen LogP contribution in [0.5, 0.6) is 0 Å². The summed E-state index contributed by atoms with van der Waals surface area (Å²) in [5.41, 5.74) is -5.49. The first-order valence-electron chi connectivity index (χ1n) is 13.2. The number of ether oxygens (including phenoxy) is 1. The van der Waals surface area contributed by atoms with Gasteiger partial charge < -0.3 is 9.16 Å². The van der Waals surface area contributed by atoms with E-state index >= 15 is 0 Å². The van der Waals surface area contributed by atoms with E-state index in [0.29, 0.717) is 0 Å². The second kappa shape index (κ2) is 13.9. The van der Waals surface area contributed by atoms with Gasteiger partial charge in [0.25, 0.3) is 8.32 Å². The normalized spacial score (nSPS) is 14.2. The highest BCUT2D eigenvalue weighted by Crippen LogP contribution is 2.37. The summed E-state index contributed by atoms with van der Waals surface area (Å²) in [7, 11) is -9.23. The van der Waals surface area contributed by atoms with E-state index in [1.807, 2.05) is 87.5 Å². The van der Waals surface area contributed by atoms with Crippen LogP contribution in [0.1, 0.15) is 38.7 Å². The van der Waals surface area contributed by atoms with Gasteiger partial charge in [-0.15, -0.1) is 0 Å². The molecule has 0 spiro atoms. The Kier molecular flexibility index (Phi) is 11.1. The highest BCUT2D eigenvalue weighted by atomic mass is 32.2. The molecule has 42 heavy (non-hydrogen) atoms. The maximum absolute atomic E-state index is 14.2. The van der Waals surface area contributed by atoms with Crippen LogP contribution in [-0.4, -0.2) is 48.2 Å². The lowest BCUT2D eigenvalue weighted by Crippen LogP contribution is -2.67. The highest BCUT2D eigenvalue weighted by molar-refractivity contribution is 7.87. The summed E-state index contributed by atoms with van der Waals surface area (Å²) in [6, 6.07) is 26.3. The Balaban J connectivity index is 1.88. The third-order valence-electron chi connectivity index (χ3n) is 6.74. The summed E-state index contributed by atoms with van der Waals surface area (Å²) in [6.07, 6.45) is -1.64. The molecule has 3 rings (SSSR count). The van der Waals surface area contributed by atoms with Gasteiger partial charge in [-0.05, 0) is 27.9 Å². The first-order valence-corrected chi connectivity index (χ1v) is 16.5. The smallest absolute Gasteiger partial charge is 0.405 e. The zero-order chi connectivity index (χ0) is 31.0. The van der Waals surface area contributed by atoms with Crippen molar-refractivity contribution >= 4 is 28.8 Å². The molecule has 0 radical (unpaired) electrons. The minimum atomic E-state index is -5.98. The van der Waals surface area contributed by atoms with E-state index in [4.69, 9.17) is 9.16 Å². The van der Waals surface area contributed by atoms with Crippen molar-refractivity contribution in [2.75, 3.05) is 19.8 Å². The second-order valence-electron chi connectivity index (χ2n) is 10.7. The fourth-order valence-electron chi connectivity index (χ4n) is 4.78. The van der Waals surface area contributed by atoms with Gasteiger partial charge in [0.15, 0.2) is 0 Å². The first kappa shape index (κ1) is 33.4. The van der Waals surface area contributed by atoms with Gasteiger partial charge in [-0.1, -0.05) is 99.6 Å². The van der Waals surface area contributed by atoms with Crippen molar-refractivity contribution in [2.24, 2.45) is 0 Å². The minimum Gasteiger partial charge on any atom is -0.405 e. The van der Waals surface area contributed by atoms with Gasteiger partial charge >= 0.3 is 15.6 Å². The molecular formula is C30H33F4NO5SSi. The molecule has 3 aromatic carbocycles. The summed E-state index contributed by atoms with van der Waals surface area (Å²) in [6.45, 7) is 4.60. The van der Waals surface area contributed by atoms with Crippen LogP contribution in [0.15, 0.2) is 84.9 Å². The van der Waals surface area contributed by atoms with E-state index in [1.54, 1.807) is 6.07 Å². The Labute approximate surface area is 245 Å². The molecule has 0 aromatic heterocycles. The summed E-state index contributed by atoms with van der Waals surface area (Å²) in [5, 5.41) is 10.6. The Morgan fingerprint density at radius 3 is 1.86 bits per heavy atom. The summed E-state index contributed by atoms with van der Waals surface area (Å²) in [5.74, 6) is -1.45. The van der Waals surface area contributed by atoms with E-state index in [0.717, 1.165) is 10.4 Å². The second-order valence-corrected chi connectivity index (χ2v) is 16.5. The number of hydrogen-bond donors (Lipinski definition) is 0. The van der Waals surface area contributed by atoms with E-state index < -0.39 is 60.0 Å². The molecule has 0 amide bonds. The van der Waals surface area contributed by atoms with E-state index in [1.165, 1.54) is 18.2 Å². The highest BCUT2D eigenvalue weighted by Gasteiger charge is 2.52. The molecule has 0 saturated carbocycles. The summed E-state index contributed by atoms with van der Waals surface area (Å²) >= 11 is 0. The largest absolute Gasteiger partial charge is 0.523 e. The maximum Gasteiger partial charge on any atom is 0.523 e. The fraction of sp³-hybridized carbons (Fsp3) is 0.367. The van der Waals surface area contributed by atoms with Crippen LogP contribution in [-0.2, 0) is 23.5 Å². The van der Waals surface area contributed by atoms with Crippen molar-refractivity contribution in [1.29, 1.82) is 5.26 Å². The predicted octanol–water partition coefficient (Wildman–Crippen LogP) is 5.65. The number of alkyl halides is 3. The first-order chi connectivity index (χ1) is 19.7. The van der Waals surface area contributed by atoms with Crippen LogP contribution in [0.2, 0.25) is 5.04 Å². The third-order valence-corrected chi connectivity index (χ3v) is 12.8. The minimum absolute atomic E-state index is 0.0196. The Hall–Kier alpha value is -3.08. The SMILES string of the molecule is CC(C)(C)[Si](OCC(COCCC(C#N)c1ccccc1F)OS(=O)(=O)C(F)(F)F)(c1ccccc1)c1ccccc1. The lowest BCUT2D eigenvalue weighted by molar-refractivity contribution is -0.0634. The number of nitrogens with zero attached hydrogens (tertiary/aromatic N) is 1. The monoisotopic (exact) mass is 623 g/mol. The molecule has 0 N–H and O–H groups in total. The van der Waals surface area contributed by atoms with Crippen LogP contribution >= 0.6 is 0 Å². The molecule has 0 aliphatic carbocycles. The van der Waals surface area contributed by atoms with Crippen molar-refractivity contribution < 1.29 is 39.3 Å². The molecule has 2 atom stereocenters. The van der Waals surface area contributed by atoms with Crippen LogP contribution in [0.3, 0.4) is 0 Å². The Bertz CT molecular complexity index is 1400. The van der Waals surface area contributed by atoms with Gasteiger partial charge in [-0.3, -0.25) is 4.18 Å². The average molecular weight is 624 g/mol. The molecule has 0 heterocycles. The molecule has 2 unspecified atom stereocenters.